The zero-order valence-electron chi connectivity index (χ0n) is 19.6. The Morgan fingerprint density at radius 2 is 1.49 bits per heavy atom. The number of hydrogen-bond donors (Lipinski definition) is 3. The van der Waals surface area contributed by atoms with E-state index in [1.165, 1.54) is 4.68 Å². The molecule has 0 aliphatic carbocycles. The van der Waals surface area contributed by atoms with Crippen molar-refractivity contribution in [2.75, 3.05) is 16.1 Å². The molecule has 3 aromatic carbocycles. The molecule has 1 heterocycles. The first-order valence-electron chi connectivity index (χ1n) is 11.2. The van der Waals surface area contributed by atoms with Gasteiger partial charge in [-0.25, -0.2) is 4.68 Å². The highest BCUT2D eigenvalue weighted by atomic mass is 79.9. The van der Waals surface area contributed by atoms with E-state index in [1.54, 1.807) is 30.3 Å². The summed E-state index contributed by atoms with van der Waals surface area (Å²) in [6.07, 6.45) is 0.874. The van der Waals surface area contributed by atoms with Crippen molar-refractivity contribution in [3.63, 3.8) is 0 Å². The van der Waals surface area contributed by atoms with Crippen molar-refractivity contribution < 1.29 is 14.4 Å². The molecule has 0 aliphatic heterocycles. The molecule has 1 aromatic heterocycles. The molecular formula is C27H25BrN4O3. The summed E-state index contributed by atoms with van der Waals surface area (Å²) in [7, 11) is 0. The van der Waals surface area contributed by atoms with Crippen molar-refractivity contribution in [2.45, 2.75) is 27.2 Å². The van der Waals surface area contributed by atoms with Crippen molar-refractivity contribution in [2.24, 2.45) is 0 Å². The molecule has 35 heavy (non-hydrogen) atoms. The normalized spacial score (nSPS) is 10.7. The lowest BCUT2D eigenvalue weighted by Gasteiger charge is -2.13. The van der Waals surface area contributed by atoms with Gasteiger partial charge in [0.25, 0.3) is 5.91 Å². The van der Waals surface area contributed by atoms with Gasteiger partial charge in [-0.1, -0.05) is 41.1 Å². The topological polar surface area (TPSA) is 92.2 Å². The average molecular weight is 533 g/mol. The van der Waals surface area contributed by atoms with E-state index in [0.717, 1.165) is 33.0 Å². The summed E-state index contributed by atoms with van der Waals surface area (Å²) >= 11 is 3.43. The Bertz CT molecular complexity index is 1420. The van der Waals surface area contributed by atoms with Crippen LogP contribution >= 0.6 is 15.9 Å². The van der Waals surface area contributed by atoms with E-state index in [9.17, 15) is 14.4 Å². The maximum Gasteiger partial charge on any atom is 0.328 e. The van der Waals surface area contributed by atoms with E-state index >= 15 is 0 Å². The summed E-state index contributed by atoms with van der Waals surface area (Å²) in [5, 5.41) is 6.20. The molecule has 4 aromatic rings. The van der Waals surface area contributed by atoms with Crippen molar-refractivity contribution >= 4 is 55.9 Å². The van der Waals surface area contributed by atoms with Crippen molar-refractivity contribution in [3.8, 4) is 0 Å². The number of aryl methyl sites for hydroxylation is 3. The van der Waals surface area contributed by atoms with E-state index in [2.05, 4.69) is 32.0 Å². The van der Waals surface area contributed by atoms with Crippen LogP contribution in [0.3, 0.4) is 0 Å². The van der Waals surface area contributed by atoms with Crippen LogP contribution in [0.5, 0.6) is 0 Å². The Morgan fingerprint density at radius 1 is 0.800 bits per heavy atom. The monoisotopic (exact) mass is 532 g/mol. The van der Waals surface area contributed by atoms with Gasteiger partial charge in [0.05, 0.1) is 5.52 Å². The third-order valence-electron chi connectivity index (χ3n) is 5.52. The van der Waals surface area contributed by atoms with E-state index < -0.39 is 17.7 Å². The molecule has 8 heteroatoms. The van der Waals surface area contributed by atoms with Gasteiger partial charge in [0.1, 0.15) is 5.69 Å². The van der Waals surface area contributed by atoms with Gasteiger partial charge >= 0.3 is 11.8 Å². The number of amides is 3. The number of rotatable bonds is 5. The molecule has 0 saturated heterocycles. The van der Waals surface area contributed by atoms with Crippen LogP contribution in [-0.4, -0.2) is 22.4 Å². The number of aromatic nitrogens is 1. The number of hydrogen-bond acceptors (Lipinski definition) is 3. The molecule has 7 nitrogen and oxygen atoms in total. The highest BCUT2D eigenvalue weighted by molar-refractivity contribution is 9.10. The number of carbonyl (C=O) groups is 3. The van der Waals surface area contributed by atoms with Crippen LogP contribution in [-0.2, 0) is 16.0 Å². The third kappa shape index (κ3) is 5.60. The summed E-state index contributed by atoms with van der Waals surface area (Å²) in [6, 6.07) is 20.1. The quantitative estimate of drug-likeness (QED) is 0.294. The molecule has 0 atom stereocenters. The lowest BCUT2D eigenvalue weighted by Crippen LogP contribution is -2.36. The molecule has 0 saturated carbocycles. The smallest absolute Gasteiger partial charge is 0.321 e. The molecule has 4 rings (SSSR count). The number of halogens is 1. The van der Waals surface area contributed by atoms with E-state index in [1.807, 2.05) is 57.2 Å². The molecule has 0 unspecified atom stereocenters. The molecule has 0 bridgehead atoms. The lowest BCUT2D eigenvalue weighted by atomic mass is 10.1. The summed E-state index contributed by atoms with van der Waals surface area (Å²) < 4.78 is 2.16. The number of nitrogens with zero attached hydrogens (tertiary/aromatic N) is 1. The summed E-state index contributed by atoms with van der Waals surface area (Å²) in [5.41, 5.74) is 7.64. The summed E-state index contributed by atoms with van der Waals surface area (Å²) in [6.45, 7) is 5.94. The highest BCUT2D eigenvalue weighted by Crippen LogP contribution is 2.24. The Hall–Kier alpha value is -3.91. The number of carbonyl (C=O) groups excluding carboxylic acids is 3. The second-order valence-corrected chi connectivity index (χ2v) is 9.26. The van der Waals surface area contributed by atoms with Gasteiger partial charge in [-0.3, -0.25) is 19.8 Å². The van der Waals surface area contributed by atoms with Crippen LogP contribution in [0.2, 0.25) is 0 Å². The zero-order chi connectivity index (χ0) is 25.1. The summed E-state index contributed by atoms with van der Waals surface area (Å²) in [5.74, 6) is -2.16. The SMILES string of the molecule is CCc1ccc(NC(=O)C(=O)Nn2c(C(=O)Nc3cc(C)cc(C)c3)cc3cc(Br)ccc32)cc1. The van der Waals surface area contributed by atoms with Gasteiger partial charge in [0.2, 0.25) is 0 Å². The molecule has 3 amide bonds. The van der Waals surface area contributed by atoms with Crippen LogP contribution in [0.1, 0.15) is 34.1 Å². The molecule has 0 radical (unpaired) electrons. The van der Waals surface area contributed by atoms with Crippen LogP contribution in [0, 0.1) is 13.8 Å². The minimum atomic E-state index is -0.898. The number of fused-ring (bicyclic) bond motifs is 1. The molecule has 0 aliphatic rings. The molecule has 0 fully saturated rings. The van der Waals surface area contributed by atoms with Crippen LogP contribution in [0.25, 0.3) is 10.9 Å². The zero-order valence-corrected chi connectivity index (χ0v) is 21.2. The summed E-state index contributed by atoms with van der Waals surface area (Å²) in [4.78, 5) is 38.6. The van der Waals surface area contributed by atoms with Crippen LogP contribution < -0.4 is 16.1 Å². The Labute approximate surface area is 211 Å². The maximum absolute atomic E-state index is 13.2. The van der Waals surface area contributed by atoms with Gasteiger partial charge in [0.15, 0.2) is 0 Å². The highest BCUT2D eigenvalue weighted by Gasteiger charge is 2.21. The van der Waals surface area contributed by atoms with Gasteiger partial charge in [0, 0.05) is 21.2 Å². The first-order valence-corrected chi connectivity index (χ1v) is 11.9. The van der Waals surface area contributed by atoms with E-state index in [0.29, 0.717) is 16.9 Å². The van der Waals surface area contributed by atoms with E-state index in [4.69, 9.17) is 0 Å². The Balaban J connectivity index is 1.61. The fraction of sp³-hybridized carbons (Fsp3) is 0.148. The largest absolute Gasteiger partial charge is 0.328 e. The first-order chi connectivity index (χ1) is 16.7. The van der Waals surface area contributed by atoms with Crippen molar-refractivity contribution in [3.05, 3.63) is 93.6 Å². The fourth-order valence-electron chi connectivity index (χ4n) is 3.88. The second kappa shape index (κ2) is 10.1. The fourth-order valence-corrected chi connectivity index (χ4v) is 4.26. The lowest BCUT2D eigenvalue weighted by molar-refractivity contribution is -0.133. The van der Waals surface area contributed by atoms with Crippen LogP contribution in [0.15, 0.2) is 71.2 Å². The van der Waals surface area contributed by atoms with Gasteiger partial charge < -0.3 is 10.6 Å². The minimum absolute atomic E-state index is 0.186. The predicted octanol–water partition coefficient (Wildman–Crippen LogP) is 5.54. The third-order valence-corrected chi connectivity index (χ3v) is 6.01. The minimum Gasteiger partial charge on any atom is -0.321 e. The maximum atomic E-state index is 13.2. The number of benzene rings is 3. The van der Waals surface area contributed by atoms with Crippen molar-refractivity contribution in [1.82, 2.24) is 4.68 Å². The van der Waals surface area contributed by atoms with Crippen LogP contribution in [0.4, 0.5) is 11.4 Å². The molecular weight excluding hydrogens is 508 g/mol. The van der Waals surface area contributed by atoms with Gasteiger partial charge in [-0.2, -0.15) is 0 Å². The average Bonchev–Trinajstić information content (AvgIpc) is 3.16. The van der Waals surface area contributed by atoms with E-state index in [-0.39, 0.29) is 5.69 Å². The molecule has 178 valence electrons. The standard InChI is InChI=1S/C27H25BrN4O3/c1-4-18-5-8-21(9-6-18)29-26(34)27(35)31-32-23-10-7-20(28)14-19(23)15-24(32)25(33)30-22-12-16(2)11-17(3)13-22/h5-15H,4H2,1-3H3,(H,29,34)(H,30,33)(H,31,35). The first kappa shape index (κ1) is 24.2. The number of anilines is 2. The predicted molar refractivity (Wildman–Crippen MR) is 142 cm³/mol. The second-order valence-electron chi connectivity index (χ2n) is 8.34. The number of nitrogens with one attached hydrogen (secondary N) is 3. The molecule has 0 spiro atoms. The molecule has 3 N–H and O–H groups in total. The van der Waals surface area contributed by atoms with Crippen molar-refractivity contribution in [1.29, 1.82) is 0 Å². The Morgan fingerprint density at radius 3 is 2.14 bits per heavy atom. The van der Waals surface area contributed by atoms with Gasteiger partial charge in [-0.05, 0) is 85.5 Å². The Kier molecular flexibility index (Phi) is 7.02. The van der Waals surface area contributed by atoms with Gasteiger partial charge in [-0.15, -0.1) is 0 Å².